The topological polar surface area (TPSA) is 46.6 Å². The van der Waals surface area contributed by atoms with Gasteiger partial charge in [0, 0.05) is 12.5 Å². The molecule has 0 aliphatic carbocycles. The summed E-state index contributed by atoms with van der Waals surface area (Å²) in [7, 11) is 2.30. The van der Waals surface area contributed by atoms with Crippen LogP contribution in [0.25, 0.3) is 0 Å². The van der Waals surface area contributed by atoms with Gasteiger partial charge in [-0.1, -0.05) is 55.2 Å². The highest BCUT2D eigenvalue weighted by atomic mass is 79.9. The van der Waals surface area contributed by atoms with E-state index in [-0.39, 0.29) is 28.9 Å². The van der Waals surface area contributed by atoms with Crippen LogP contribution in [0.1, 0.15) is 56.6 Å². The molecule has 1 aromatic carbocycles. The van der Waals surface area contributed by atoms with Crippen molar-refractivity contribution in [3.8, 4) is 0 Å². The monoisotopic (exact) mass is 494 g/mol. The third kappa shape index (κ3) is 11.0. The van der Waals surface area contributed by atoms with Gasteiger partial charge in [0.1, 0.15) is 6.54 Å². The fourth-order valence-electron chi connectivity index (χ4n) is 3.86. The molecule has 0 unspecified atom stereocenters. The molecule has 5 nitrogen and oxygen atoms in total. The van der Waals surface area contributed by atoms with Gasteiger partial charge in [-0.15, -0.1) is 0 Å². The molecule has 0 aromatic heterocycles. The number of esters is 1. The van der Waals surface area contributed by atoms with E-state index in [9.17, 15) is 9.59 Å². The number of unbranched alkanes of at least 4 members (excludes halogenated alkanes) is 5. The van der Waals surface area contributed by atoms with E-state index in [1.54, 1.807) is 6.08 Å². The number of hydrogen-bond acceptors (Lipinski definition) is 3. The van der Waals surface area contributed by atoms with Gasteiger partial charge in [0.15, 0.2) is 0 Å². The molecule has 2 rings (SSSR count). The Bertz CT molecular complexity index is 695. The second-order valence-electron chi connectivity index (χ2n) is 8.83. The molecule has 0 radical (unpaired) electrons. The van der Waals surface area contributed by atoms with E-state index in [4.69, 9.17) is 4.74 Å². The van der Waals surface area contributed by atoms with Crippen molar-refractivity contribution in [2.24, 2.45) is 0 Å². The fraction of sp³-hybridized carbons (Fsp3) is 0.600. The highest BCUT2D eigenvalue weighted by molar-refractivity contribution is 5.87. The first kappa shape index (κ1) is 27.4. The summed E-state index contributed by atoms with van der Waals surface area (Å²) in [5, 5.41) is 0. The molecule has 174 valence electrons. The number of piperazine rings is 1. The summed E-state index contributed by atoms with van der Waals surface area (Å²) in [5.41, 5.74) is 2.66. The number of aryl methyl sites for hydroxylation is 1. The molecular weight excluding hydrogens is 456 g/mol. The third-order valence-corrected chi connectivity index (χ3v) is 5.90. The van der Waals surface area contributed by atoms with Gasteiger partial charge in [-0.05, 0) is 32.3 Å². The van der Waals surface area contributed by atoms with Crippen LogP contribution < -0.4 is 17.0 Å². The van der Waals surface area contributed by atoms with Crippen molar-refractivity contribution in [2.75, 3.05) is 39.8 Å². The third-order valence-electron chi connectivity index (χ3n) is 5.90. The SMILES string of the molecule is CC(=O)OCCCCCCC/C=C/C(=O)N1CC[N+](C)(Cc2ccc(C)cc2)CC1.[Br-]. The second-order valence-corrected chi connectivity index (χ2v) is 8.83. The van der Waals surface area contributed by atoms with Gasteiger partial charge in [0.2, 0.25) is 5.91 Å². The Morgan fingerprint density at radius 3 is 2.29 bits per heavy atom. The van der Waals surface area contributed by atoms with Crippen LogP contribution in [0.4, 0.5) is 0 Å². The number of carbonyl (C=O) groups excluding carboxylic acids is 2. The zero-order valence-electron chi connectivity index (χ0n) is 19.4. The van der Waals surface area contributed by atoms with E-state index < -0.39 is 0 Å². The van der Waals surface area contributed by atoms with Gasteiger partial charge in [0.25, 0.3) is 0 Å². The predicted molar refractivity (Wildman–Crippen MR) is 121 cm³/mol. The van der Waals surface area contributed by atoms with Crippen LogP contribution in [0.5, 0.6) is 0 Å². The Hall–Kier alpha value is -1.66. The van der Waals surface area contributed by atoms with E-state index in [0.29, 0.717) is 6.61 Å². The van der Waals surface area contributed by atoms with Crippen LogP contribution in [0.2, 0.25) is 0 Å². The lowest BCUT2D eigenvalue weighted by Gasteiger charge is -2.41. The van der Waals surface area contributed by atoms with Crippen LogP contribution in [0.15, 0.2) is 36.4 Å². The molecule has 1 amide bonds. The summed E-state index contributed by atoms with van der Waals surface area (Å²) in [6, 6.07) is 8.79. The Morgan fingerprint density at radius 1 is 1.03 bits per heavy atom. The van der Waals surface area contributed by atoms with Gasteiger partial charge in [-0.2, -0.15) is 0 Å². The van der Waals surface area contributed by atoms with E-state index in [1.165, 1.54) is 18.1 Å². The number of rotatable bonds is 11. The molecule has 31 heavy (non-hydrogen) atoms. The molecule has 1 aromatic rings. The number of ether oxygens (including phenoxy) is 1. The average molecular weight is 496 g/mol. The molecule has 0 atom stereocenters. The first-order valence-corrected chi connectivity index (χ1v) is 11.4. The van der Waals surface area contributed by atoms with E-state index >= 15 is 0 Å². The molecule has 1 fully saturated rings. The highest BCUT2D eigenvalue weighted by Crippen LogP contribution is 2.17. The summed E-state index contributed by atoms with van der Waals surface area (Å²) in [5.74, 6) is -0.0497. The molecular formula is C25H39BrN2O3. The number of hydrogen-bond donors (Lipinski definition) is 0. The summed E-state index contributed by atoms with van der Waals surface area (Å²) in [6.45, 7) is 8.78. The van der Waals surface area contributed by atoms with Gasteiger partial charge in [0.05, 0.1) is 39.8 Å². The maximum absolute atomic E-state index is 12.5. The first-order valence-electron chi connectivity index (χ1n) is 11.4. The largest absolute Gasteiger partial charge is 1.00 e. The van der Waals surface area contributed by atoms with Crippen molar-refractivity contribution in [1.82, 2.24) is 4.90 Å². The number of likely N-dealkylation sites (N-methyl/N-ethyl adjacent to an activating group) is 1. The Morgan fingerprint density at radius 2 is 1.65 bits per heavy atom. The van der Waals surface area contributed by atoms with E-state index in [2.05, 4.69) is 38.2 Å². The molecule has 0 spiro atoms. The van der Waals surface area contributed by atoms with Crippen molar-refractivity contribution in [3.63, 3.8) is 0 Å². The maximum atomic E-state index is 12.5. The smallest absolute Gasteiger partial charge is 0.302 e. The van der Waals surface area contributed by atoms with Gasteiger partial charge in [-0.25, -0.2) is 0 Å². The Balaban J connectivity index is 0.00000480. The normalized spacial score (nSPS) is 15.5. The van der Waals surface area contributed by atoms with Crippen LogP contribution in [-0.2, 0) is 20.9 Å². The van der Waals surface area contributed by atoms with Crippen LogP contribution >= 0.6 is 0 Å². The lowest BCUT2D eigenvalue weighted by Crippen LogP contribution is -3.00. The number of benzene rings is 1. The van der Waals surface area contributed by atoms with Crippen molar-refractivity contribution in [2.45, 2.75) is 58.9 Å². The van der Waals surface area contributed by atoms with Crippen LogP contribution in [0, 0.1) is 6.92 Å². The summed E-state index contributed by atoms with van der Waals surface area (Å²) in [4.78, 5) is 25.1. The number of halogens is 1. The number of amides is 1. The lowest BCUT2D eigenvalue weighted by molar-refractivity contribution is -0.926. The number of quaternary nitrogens is 1. The number of allylic oxidation sites excluding steroid dienone is 1. The maximum Gasteiger partial charge on any atom is 0.302 e. The van der Waals surface area contributed by atoms with E-state index in [0.717, 1.165) is 75.7 Å². The Labute approximate surface area is 198 Å². The molecule has 0 bridgehead atoms. The minimum Gasteiger partial charge on any atom is -1.00 e. The van der Waals surface area contributed by atoms with Crippen molar-refractivity contribution in [1.29, 1.82) is 0 Å². The van der Waals surface area contributed by atoms with Gasteiger partial charge < -0.3 is 31.1 Å². The number of nitrogens with zero attached hydrogens (tertiary/aromatic N) is 2. The van der Waals surface area contributed by atoms with E-state index in [1.807, 2.05) is 11.0 Å². The number of carbonyl (C=O) groups is 2. The van der Waals surface area contributed by atoms with Gasteiger partial charge >= 0.3 is 5.97 Å². The zero-order chi connectivity index (χ0) is 21.8. The summed E-state index contributed by atoms with van der Waals surface area (Å²) in [6.07, 6.45) is 10.2. The predicted octanol–water partition coefficient (Wildman–Crippen LogP) is 1.25. The molecule has 6 heteroatoms. The van der Waals surface area contributed by atoms with Gasteiger partial charge in [-0.3, -0.25) is 9.59 Å². The lowest BCUT2D eigenvalue weighted by atomic mass is 10.1. The fourth-order valence-corrected chi connectivity index (χ4v) is 3.86. The molecule has 1 aliphatic heterocycles. The molecule has 1 heterocycles. The molecule has 1 saturated heterocycles. The molecule has 1 aliphatic rings. The standard InChI is InChI=1S/C25H39N2O3.BrH/c1-22-12-14-24(15-13-22)21-27(3)18-16-26(17-19-27)25(29)11-9-7-5-4-6-8-10-20-30-23(2)28;/h9,11-15H,4-8,10,16-21H2,1-3H3;1H/q+1;/p-1/b11-9+;. The summed E-state index contributed by atoms with van der Waals surface area (Å²) >= 11 is 0. The zero-order valence-corrected chi connectivity index (χ0v) is 21.0. The van der Waals surface area contributed by atoms with Crippen molar-refractivity contribution < 1.29 is 35.8 Å². The Kier molecular flexibility index (Phi) is 12.7. The van der Waals surface area contributed by atoms with Crippen molar-refractivity contribution in [3.05, 3.63) is 47.5 Å². The first-order chi connectivity index (χ1) is 14.4. The summed E-state index contributed by atoms with van der Waals surface area (Å²) < 4.78 is 5.92. The minimum absolute atomic E-state index is 0. The molecule has 0 saturated carbocycles. The van der Waals surface area contributed by atoms with Crippen LogP contribution in [0.3, 0.4) is 0 Å². The highest BCUT2D eigenvalue weighted by Gasteiger charge is 2.30. The van der Waals surface area contributed by atoms with Crippen LogP contribution in [-0.4, -0.2) is 61.1 Å². The molecule has 0 N–H and O–H groups in total. The average Bonchev–Trinajstić information content (AvgIpc) is 2.71. The quantitative estimate of drug-likeness (QED) is 0.201. The van der Waals surface area contributed by atoms with Crippen molar-refractivity contribution >= 4 is 11.9 Å². The minimum atomic E-state index is -0.201. The second kappa shape index (κ2) is 14.4.